The zero-order valence-electron chi connectivity index (χ0n) is 15.5. The number of hydrogen-bond donors (Lipinski definition) is 2. The van der Waals surface area contributed by atoms with Gasteiger partial charge in [0, 0.05) is 25.6 Å². The third-order valence-corrected chi connectivity index (χ3v) is 4.85. The molecule has 2 heterocycles. The van der Waals surface area contributed by atoms with Crippen LogP contribution in [0, 0.1) is 0 Å². The zero-order valence-corrected chi connectivity index (χ0v) is 15.5. The number of piperidine rings is 1. The van der Waals surface area contributed by atoms with Crippen molar-refractivity contribution in [2.75, 3.05) is 13.1 Å². The van der Waals surface area contributed by atoms with Crippen LogP contribution in [0.3, 0.4) is 0 Å². The molecular formula is C21H23N3O4. The summed E-state index contributed by atoms with van der Waals surface area (Å²) >= 11 is 0. The van der Waals surface area contributed by atoms with Gasteiger partial charge in [-0.15, -0.1) is 0 Å². The molecule has 0 bridgehead atoms. The van der Waals surface area contributed by atoms with Gasteiger partial charge < -0.3 is 15.3 Å². The van der Waals surface area contributed by atoms with Gasteiger partial charge in [-0.1, -0.05) is 36.4 Å². The van der Waals surface area contributed by atoms with Gasteiger partial charge in [0.15, 0.2) is 0 Å². The van der Waals surface area contributed by atoms with Crippen LogP contribution < -0.4 is 5.32 Å². The third-order valence-electron chi connectivity index (χ3n) is 4.85. The molecule has 1 saturated heterocycles. The minimum absolute atomic E-state index is 0.0547. The normalized spacial score (nSPS) is 14.5. The van der Waals surface area contributed by atoms with E-state index in [0.29, 0.717) is 32.4 Å². The van der Waals surface area contributed by atoms with Crippen molar-refractivity contribution in [3.05, 3.63) is 65.5 Å². The molecule has 1 aliphatic rings. The molecule has 0 saturated carbocycles. The van der Waals surface area contributed by atoms with E-state index in [-0.39, 0.29) is 23.3 Å². The summed E-state index contributed by atoms with van der Waals surface area (Å²) in [6.07, 6.45) is 2.54. The minimum atomic E-state index is -1.17. The first-order chi connectivity index (χ1) is 13.5. The van der Waals surface area contributed by atoms with Gasteiger partial charge in [-0.05, 0) is 37.0 Å². The van der Waals surface area contributed by atoms with E-state index in [4.69, 9.17) is 5.11 Å². The summed E-state index contributed by atoms with van der Waals surface area (Å²) in [5.41, 5.74) is 1.07. The van der Waals surface area contributed by atoms with Crippen LogP contribution in [0.5, 0.6) is 0 Å². The maximum Gasteiger partial charge on any atom is 0.354 e. The first-order valence-corrected chi connectivity index (χ1v) is 9.36. The molecular weight excluding hydrogens is 358 g/mol. The van der Waals surface area contributed by atoms with Gasteiger partial charge in [0.25, 0.3) is 5.91 Å². The van der Waals surface area contributed by atoms with E-state index in [0.717, 1.165) is 12.0 Å². The lowest BCUT2D eigenvalue weighted by atomic mass is 10.0. The minimum Gasteiger partial charge on any atom is -0.477 e. The van der Waals surface area contributed by atoms with Crippen LogP contribution in [0.25, 0.3) is 0 Å². The number of hydrogen-bond acceptors (Lipinski definition) is 4. The average Bonchev–Trinajstić information content (AvgIpc) is 2.73. The molecule has 0 radical (unpaired) electrons. The Morgan fingerprint density at radius 3 is 2.36 bits per heavy atom. The number of carbonyl (C=O) groups is 3. The molecule has 3 rings (SSSR count). The summed E-state index contributed by atoms with van der Waals surface area (Å²) in [5, 5.41) is 11.9. The summed E-state index contributed by atoms with van der Waals surface area (Å²) in [7, 11) is 0. The Bertz CT molecular complexity index is 846. The Balaban J connectivity index is 1.46. The predicted molar refractivity (Wildman–Crippen MR) is 103 cm³/mol. The Morgan fingerprint density at radius 1 is 1.00 bits per heavy atom. The fourth-order valence-electron chi connectivity index (χ4n) is 3.27. The van der Waals surface area contributed by atoms with Crippen molar-refractivity contribution in [3.63, 3.8) is 0 Å². The van der Waals surface area contributed by atoms with Gasteiger partial charge >= 0.3 is 5.97 Å². The van der Waals surface area contributed by atoms with Crippen LogP contribution in [0.15, 0.2) is 48.5 Å². The topological polar surface area (TPSA) is 99.6 Å². The summed E-state index contributed by atoms with van der Waals surface area (Å²) < 4.78 is 0. The van der Waals surface area contributed by atoms with E-state index in [1.54, 1.807) is 0 Å². The predicted octanol–water partition coefficient (Wildman–Crippen LogP) is 2.13. The van der Waals surface area contributed by atoms with Gasteiger partial charge in [-0.3, -0.25) is 9.59 Å². The molecule has 7 heteroatoms. The number of benzene rings is 1. The van der Waals surface area contributed by atoms with Gasteiger partial charge in [-0.2, -0.15) is 0 Å². The molecule has 2 N–H and O–H groups in total. The lowest BCUT2D eigenvalue weighted by Crippen LogP contribution is -2.46. The van der Waals surface area contributed by atoms with Crippen molar-refractivity contribution in [3.8, 4) is 0 Å². The van der Waals surface area contributed by atoms with Gasteiger partial charge in [-0.25, -0.2) is 9.78 Å². The summed E-state index contributed by atoms with van der Waals surface area (Å²) in [5.74, 6) is -1.43. The van der Waals surface area contributed by atoms with Crippen molar-refractivity contribution in [1.82, 2.24) is 15.2 Å². The number of carbonyl (C=O) groups excluding carboxylic acids is 2. The molecule has 1 aliphatic heterocycles. The molecule has 7 nitrogen and oxygen atoms in total. The number of aryl methyl sites for hydroxylation is 1. The molecule has 0 unspecified atom stereocenters. The van der Waals surface area contributed by atoms with E-state index in [1.165, 1.54) is 18.2 Å². The second-order valence-electron chi connectivity index (χ2n) is 6.83. The van der Waals surface area contributed by atoms with Crippen LogP contribution in [-0.2, 0) is 11.2 Å². The van der Waals surface area contributed by atoms with E-state index in [2.05, 4.69) is 10.3 Å². The molecule has 1 aromatic heterocycles. The maximum atomic E-state index is 12.4. The number of pyridine rings is 1. The van der Waals surface area contributed by atoms with Crippen molar-refractivity contribution in [1.29, 1.82) is 0 Å². The second kappa shape index (κ2) is 9.12. The smallest absolute Gasteiger partial charge is 0.354 e. The average molecular weight is 381 g/mol. The Hall–Kier alpha value is -3.22. The monoisotopic (exact) mass is 381 g/mol. The summed E-state index contributed by atoms with van der Waals surface area (Å²) in [6.45, 7) is 1.20. The van der Waals surface area contributed by atoms with Gasteiger partial charge in [0.2, 0.25) is 5.91 Å². The number of carboxylic acids is 1. The first-order valence-electron chi connectivity index (χ1n) is 9.36. The fraction of sp³-hybridized carbons (Fsp3) is 0.333. The Morgan fingerprint density at radius 2 is 1.68 bits per heavy atom. The number of amides is 2. The molecule has 0 atom stereocenters. The maximum absolute atomic E-state index is 12.4. The molecule has 146 valence electrons. The number of nitrogens with zero attached hydrogens (tertiary/aromatic N) is 2. The van der Waals surface area contributed by atoms with E-state index >= 15 is 0 Å². The number of nitrogens with one attached hydrogen (secondary N) is 1. The van der Waals surface area contributed by atoms with E-state index < -0.39 is 11.9 Å². The number of rotatable bonds is 6. The number of aromatic carboxylic acids is 1. The van der Waals surface area contributed by atoms with Gasteiger partial charge in [0.1, 0.15) is 11.4 Å². The summed E-state index contributed by atoms with van der Waals surface area (Å²) in [6, 6.07) is 14.2. The highest BCUT2D eigenvalue weighted by molar-refractivity contribution is 5.94. The summed E-state index contributed by atoms with van der Waals surface area (Å²) in [4.78, 5) is 41.4. The quantitative estimate of drug-likeness (QED) is 0.799. The fourth-order valence-corrected chi connectivity index (χ4v) is 3.27. The highest BCUT2D eigenvalue weighted by atomic mass is 16.4. The highest BCUT2D eigenvalue weighted by Crippen LogP contribution is 2.14. The first kappa shape index (κ1) is 19.5. The van der Waals surface area contributed by atoms with Crippen molar-refractivity contribution in [2.24, 2.45) is 0 Å². The largest absolute Gasteiger partial charge is 0.477 e. The van der Waals surface area contributed by atoms with E-state index in [1.807, 2.05) is 35.2 Å². The Kier molecular flexibility index (Phi) is 6.37. The van der Waals surface area contributed by atoms with Crippen molar-refractivity contribution in [2.45, 2.75) is 31.7 Å². The molecule has 0 spiro atoms. The zero-order chi connectivity index (χ0) is 19.9. The lowest BCUT2D eigenvalue weighted by Gasteiger charge is -2.32. The second-order valence-corrected chi connectivity index (χ2v) is 6.83. The third kappa shape index (κ3) is 5.16. The van der Waals surface area contributed by atoms with Crippen LogP contribution in [0.1, 0.15) is 45.8 Å². The number of carboxylic acid groups (broad SMARTS) is 1. The molecule has 2 aromatic rings. The number of aromatic nitrogens is 1. The van der Waals surface area contributed by atoms with Crippen molar-refractivity contribution < 1.29 is 19.5 Å². The molecule has 28 heavy (non-hydrogen) atoms. The Labute approximate surface area is 163 Å². The lowest BCUT2D eigenvalue weighted by molar-refractivity contribution is -0.132. The van der Waals surface area contributed by atoms with Crippen LogP contribution in [-0.4, -0.2) is 51.9 Å². The number of likely N-dealkylation sites (tertiary alicyclic amines) is 1. The highest BCUT2D eigenvalue weighted by Gasteiger charge is 2.24. The standard InChI is InChI=1S/C21H23N3O4/c25-19(10-9-15-5-2-1-3-6-15)24-13-11-16(12-14-24)22-20(26)17-7-4-8-18(23-17)21(27)28/h1-8,16H,9-14H2,(H,22,26)(H,27,28). The molecule has 1 aromatic carbocycles. The van der Waals surface area contributed by atoms with Crippen molar-refractivity contribution >= 4 is 17.8 Å². The van der Waals surface area contributed by atoms with E-state index in [9.17, 15) is 14.4 Å². The molecule has 1 fully saturated rings. The SMILES string of the molecule is O=C(O)c1cccc(C(=O)NC2CCN(C(=O)CCc3ccccc3)CC2)n1. The van der Waals surface area contributed by atoms with Gasteiger partial charge in [0.05, 0.1) is 0 Å². The van der Waals surface area contributed by atoms with Crippen LogP contribution >= 0.6 is 0 Å². The van der Waals surface area contributed by atoms with Crippen LogP contribution in [0.4, 0.5) is 0 Å². The van der Waals surface area contributed by atoms with Crippen LogP contribution in [0.2, 0.25) is 0 Å². The molecule has 0 aliphatic carbocycles. The molecule has 2 amide bonds.